The second-order valence-electron chi connectivity index (χ2n) is 5.36. The van der Waals surface area contributed by atoms with Gasteiger partial charge >= 0.3 is 0 Å². The van der Waals surface area contributed by atoms with Gasteiger partial charge in [0.2, 0.25) is 0 Å². The van der Waals surface area contributed by atoms with Crippen LogP contribution in [0.25, 0.3) is 0 Å². The zero-order valence-corrected chi connectivity index (χ0v) is 11.7. The Morgan fingerprint density at radius 3 is 2.25 bits per heavy atom. The first kappa shape index (κ1) is 13.6. The summed E-state index contributed by atoms with van der Waals surface area (Å²) in [5.41, 5.74) is 1.12. The molecule has 16 heavy (non-hydrogen) atoms. The van der Waals surface area contributed by atoms with Crippen LogP contribution in [-0.2, 0) is 0 Å². The number of halogens is 3. The number of aryl methyl sites for hydroxylation is 1. The minimum absolute atomic E-state index is 0.0770. The first-order valence-electron chi connectivity index (χ1n) is 5.30. The second-order valence-corrected chi connectivity index (χ2v) is 6.46. The summed E-state index contributed by atoms with van der Waals surface area (Å²) in [6.07, 6.45) is 0.801. The van der Waals surface area contributed by atoms with Crippen molar-refractivity contribution >= 4 is 15.9 Å². The van der Waals surface area contributed by atoms with E-state index >= 15 is 0 Å². The minimum atomic E-state index is -0.489. The van der Waals surface area contributed by atoms with Gasteiger partial charge in [-0.2, -0.15) is 0 Å². The van der Waals surface area contributed by atoms with E-state index in [4.69, 9.17) is 0 Å². The zero-order valence-electron chi connectivity index (χ0n) is 10.1. The van der Waals surface area contributed by atoms with E-state index in [1.165, 1.54) is 0 Å². The lowest BCUT2D eigenvalue weighted by atomic mass is 9.88. The van der Waals surface area contributed by atoms with Crippen molar-refractivity contribution in [2.45, 2.75) is 38.9 Å². The lowest BCUT2D eigenvalue weighted by Crippen LogP contribution is -2.09. The third-order valence-corrected chi connectivity index (χ3v) is 3.22. The van der Waals surface area contributed by atoms with E-state index in [1.54, 1.807) is 13.0 Å². The molecule has 1 unspecified atom stereocenters. The van der Waals surface area contributed by atoms with Gasteiger partial charge in [0.25, 0.3) is 0 Å². The third kappa shape index (κ3) is 3.55. The van der Waals surface area contributed by atoms with Crippen molar-refractivity contribution in [2.75, 3.05) is 0 Å². The number of alkyl halides is 1. The zero-order chi connectivity index (χ0) is 12.5. The van der Waals surface area contributed by atoms with E-state index in [9.17, 15) is 8.78 Å². The van der Waals surface area contributed by atoms with Crippen LogP contribution in [-0.4, -0.2) is 0 Å². The lowest BCUT2D eigenvalue weighted by molar-refractivity contribution is 0.373. The molecule has 1 rings (SSSR count). The Morgan fingerprint density at radius 1 is 1.19 bits per heavy atom. The van der Waals surface area contributed by atoms with E-state index in [0.717, 1.165) is 12.5 Å². The molecule has 0 saturated heterocycles. The van der Waals surface area contributed by atoms with E-state index in [2.05, 4.69) is 36.7 Å². The Hall–Kier alpha value is -0.440. The first-order valence-corrected chi connectivity index (χ1v) is 6.22. The monoisotopic (exact) mass is 290 g/mol. The summed E-state index contributed by atoms with van der Waals surface area (Å²) >= 11 is 3.47. The van der Waals surface area contributed by atoms with Crippen molar-refractivity contribution in [3.05, 3.63) is 34.9 Å². The number of rotatable bonds is 2. The topological polar surface area (TPSA) is 0 Å². The van der Waals surface area contributed by atoms with Crippen LogP contribution in [0.15, 0.2) is 12.1 Å². The fourth-order valence-corrected chi connectivity index (χ4v) is 2.89. The fraction of sp³-hybridized carbons (Fsp3) is 0.538. The predicted molar refractivity (Wildman–Crippen MR) is 66.8 cm³/mol. The second kappa shape index (κ2) is 4.82. The largest absolute Gasteiger partial charge is 0.207 e. The molecular formula is C13H17BrF2. The van der Waals surface area contributed by atoms with Crippen LogP contribution in [0.1, 0.15) is 43.1 Å². The van der Waals surface area contributed by atoms with Gasteiger partial charge in [-0.25, -0.2) is 8.78 Å². The Kier molecular flexibility index (Phi) is 4.11. The highest BCUT2D eigenvalue weighted by Crippen LogP contribution is 2.37. The molecule has 0 aliphatic rings. The van der Waals surface area contributed by atoms with Crippen LogP contribution in [0, 0.1) is 24.0 Å². The molecule has 90 valence electrons. The summed E-state index contributed by atoms with van der Waals surface area (Å²) in [5, 5.41) is 0. The van der Waals surface area contributed by atoms with Gasteiger partial charge in [0.1, 0.15) is 11.6 Å². The molecule has 0 fully saturated rings. The number of hydrogen-bond acceptors (Lipinski definition) is 0. The summed E-state index contributed by atoms with van der Waals surface area (Å²) in [5.74, 6) is -0.967. The van der Waals surface area contributed by atoms with Gasteiger partial charge in [0.05, 0.1) is 0 Å². The Morgan fingerprint density at radius 2 is 1.75 bits per heavy atom. The van der Waals surface area contributed by atoms with Crippen molar-refractivity contribution in [3.63, 3.8) is 0 Å². The van der Waals surface area contributed by atoms with E-state index in [0.29, 0.717) is 11.1 Å². The highest BCUT2D eigenvalue weighted by atomic mass is 79.9. The maximum Gasteiger partial charge on any atom is 0.130 e. The molecule has 1 atom stereocenters. The molecule has 0 radical (unpaired) electrons. The van der Waals surface area contributed by atoms with Gasteiger partial charge in [-0.15, -0.1) is 0 Å². The van der Waals surface area contributed by atoms with Crippen LogP contribution >= 0.6 is 15.9 Å². The van der Waals surface area contributed by atoms with Crippen molar-refractivity contribution in [1.29, 1.82) is 0 Å². The fourth-order valence-electron chi connectivity index (χ4n) is 1.57. The average molecular weight is 291 g/mol. The van der Waals surface area contributed by atoms with Gasteiger partial charge in [-0.05, 0) is 30.4 Å². The molecule has 3 heteroatoms. The third-order valence-electron chi connectivity index (χ3n) is 2.41. The normalized spacial score (nSPS) is 13.9. The predicted octanol–water partition coefficient (Wildman–Crippen LogP) is 5.15. The van der Waals surface area contributed by atoms with Crippen LogP contribution < -0.4 is 0 Å². The van der Waals surface area contributed by atoms with E-state index < -0.39 is 11.6 Å². The smallest absolute Gasteiger partial charge is 0.130 e. The molecule has 0 N–H and O–H groups in total. The molecule has 0 heterocycles. The number of hydrogen-bond donors (Lipinski definition) is 0. The molecule has 0 aromatic heterocycles. The SMILES string of the molecule is Cc1cc(C(Br)CC(C)(C)C)c(F)cc1F. The van der Waals surface area contributed by atoms with Gasteiger partial charge in [0.15, 0.2) is 0 Å². The van der Waals surface area contributed by atoms with Gasteiger partial charge in [-0.3, -0.25) is 0 Å². The molecular weight excluding hydrogens is 274 g/mol. The summed E-state index contributed by atoms with van der Waals surface area (Å²) in [6, 6.07) is 2.54. The minimum Gasteiger partial charge on any atom is -0.207 e. The average Bonchev–Trinajstić information content (AvgIpc) is 2.08. The molecule has 0 amide bonds. The van der Waals surface area contributed by atoms with Crippen LogP contribution in [0.4, 0.5) is 8.78 Å². The highest BCUT2D eigenvalue weighted by Gasteiger charge is 2.21. The molecule has 0 saturated carbocycles. The Labute approximate surface area is 104 Å². The lowest BCUT2D eigenvalue weighted by Gasteiger charge is -2.22. The summed E-state index contributed by atoms with van der Waals surface area (Å²) in [4.78, 5) is -0.0770. The van der Waals surface area contributed by atoms with Gasteiger partial charge in [0, 0.05) is 16.5 Å². The summed E-state index contributed by atoms with van der Waals surface area (Å²) < 4.78 is 26.7. The quantitative estimate of drug-likeness (QED) is 0.661. The molecule has 0 bridgehead atoms. The molecule has 0 aliphatic heterocycles. The Balaban J connectivity index is 3.00. The van der Waals surface area contributed by atoms with Crippen molar-refractivity contribution in [2.24, 2.45) is 5.41 Å². The maximum absolute atomic E-state index is 13.6. The van der Waals surface area contributed by atoms with Gasteiger partial charge < -0.3 is 0 Å². The number of benzene rings is 1. The molecule has 0 spiro atoms. The van der Waals surface area contributed by atoms with Crippen LogP contribution in [0.3, 0.4) is 0 Å². The molecule has 1 aromatic rings. The van der Waals surface area contributed by atoms with Crippen molar-refractivity contribution in [1.82, 2.24) is 0 Å². The van der Waals surface area contributed by atoms with Crippen LogP contribution in [0.5, 0.6) is 0 Å². The summed E-state index contributed by atoms with van der Waals surface area (Å²) in [7, 11) is 0. The molecule has 0 aliphatic carbocycles. The standard InChI is InChI=1S/C13H17BrF2/c1-8-5-9(12(16)6-11(8)15)10(14)7-13(2,3)4/h5-6,10H,7H2,1-4H3. The van der Waals surface area contributed by atoms with E-state index in [1.807, 2.05) is 0 Å². The van der Waals surface area contributed by atoms with E-state index in [-0.39, 0.29) is 10.2 Å². The summed E-state index contributed by atoms with van der Waals surface area (Å²) in [6.45, 7) is 7.93. The Bertz CT molecular complexity index is 380. The first-order chi connectivity index (χ1) is 7.20. The van der Waals surface area contributed by atoms with Gasteiger partial charge in [-0.1, -0.05) is 36.7 Å². The molecule has 0 nitrogen and oxygen atoms in total. The maximum atomic E-state index is 13.6. The van der Waals surface area contributed by atoms with Crippen molar-refractivity contribution in [3.8, 4) is 0 Å². The van der Waals surface area contributed by atoms with Crippen molar-refractivity contribution < 1.29 is 8.78 Å². The van der Waals surface area contributed by atoms with Crippen LogP contribution in [0.2, 0.25) is 0 Å². The highest BCUT2D eigenvalue weighted by molar-refractivity contribution is 9.09. The molecule has 1 aromatic carbocycles.